The highest BCUT2D eigenvalue weighted by molar-refractivity contribution is 5.92. The van der Waals surface area contributed by atoms with Gasteiger partial charge in [0.05, 0.1) is 0 Å². The second kappa shape index (κ2) is 6.31. The van der Waals surface area contributed by atoms with E-state index in [1.807, 2.05) is 6.07 Å². The van der Waals surface area contributed by atoms with Crippen molar-refractivity contribution in [1.29, 1.82) is 0 Å². The SMILES string of the molecule is C=CCNC(=O)c1ccc(N2CCC(C)CC2)nn1. The van der Waals surface area contributed by atoms with E-state index in [1.54, 1.807) is 12.1 Å². The van der Waals surface area contributed by atoms with Gasteiger partial charge in [0.15, 0.2) is 11.5 Å². The summed E-state index contributed by atoms with van der Waals surface area (Å²) in [5.41, 5.74) is 0.343. The van der Waals surface area contributed by atoms with Crippen molar-refractivity contribution < 1.29 is 4.79 Å². The molecule has 0 radical (unpaired) electrons. The number of carbonyl (C=O) groups excluding carboxylic acids is 1. The number of amides is 1. The second-order valence-corrected chi connectivity index (χ2v) is 4.95. The molecule has 102 valence electrons. The Bertz CT molecular complexity index is 435. The minimum Gasteiger partial charge on any atom is -0.355 e. The maximum Gasteiger partial charge on any atom is 0.272 e. The highest BCUT2D eigenvalue weighted by Crippen LogP contribution is 2.20. The smallest absolute Gasteiger partial charge is 0.272 e. The normalized spacial score (nSPS) is 16.2. The molecule has 2 heterocycles. The maximum atomic E-state index is 11.7. The average Bonchev–Trinajstić information content (AvgIpc) is 2.46. The van der Waals surface area contributed by atoms with Crippen LogP contribution in [-0.2, 0) is 0 Å². The molecule has 1 fully saturated rings. The van der Waals surface area contributed by atoms with E-state index in [0.717, 1.165) is 24.8 Å². The third-order valence-electron chi connectivity index (χ3n) is 3.40. The highest BCUT2D eigenvalue weighted by atomic mass is 16.1. The van der Waals surface area contributed by atoms with Crippen LogP contribution in [-0.4, -0.2) is 35.7 Å². The van der Waals surface area contributed by atoms with Gasteiger partial charge in [-0.15, -0.1) is 16.8 Å². The Morgan fingerprint density at radius 1 is 1.47 bits per heavy atom. The van der Waals surface area contributed by atoms with E-state index in [9.17, 15) is 4.79 Å². The summed E-state index contributed by atoms with van der Waals surface area (Å²) < 4.78 is 0. The zero-order chi connectivity index (χ0) is 13.7. The van der Waals surface area contributed by atoms with Crippen LogP contribution in [0.4, 0.5) is 5.82 Å². The van der Waals surface area contributed by atoms with E-state index in [2.05, 4.69) is 33.9 Å². The van der Waals surface area contributed by atoms with Gasteiger partial charge in [-0.1, -0.05) is 13.0 Å². The summed E-state index contributed by atoms with van der Waals surface area (Å²) in [5, 5.41) is 10.8. The second-order valence-electron chi connectivity index (χ2n) is 4.95. The summed E-state index contributed by atoms with van der Waals surface area (Å²) in [7, 11) is 0. The van der Waals surface area contributed by atoms with Crippen LogP contribution in [0.2, 0.25) is 0 Å². The van der Waals surface area contributed by atoms with Crippen molar-refractivity contribution in [3.63, 3.8) is 0 Å². The van der Waals surface area contributed by atoms with Crippen LogP contribution in [0.1, 0.15) is 30.3 Å². The molecular formula is C14H20N4O. The van der Waals surface area contributed by atoms with Crippen molar-refractivity contribution in [2.45, 2.75) is 19.8 Å². The molecule has 2 rings (SSSR count). The molecule has 0 aromatic carbocycles. The number of anilines is 1. The van der Waals surface area contributed by atoms with Crippen molar-refractivity contribution in [3.05, 3.63) is 30.5 Å². The number of carbonyl (C=O) groups is 1. The molecule has 1 aliphatic heterocycles. The first-order valence-corrected chi connectivity index (χ1v) is 6.68. The molecule has 5 heteroatoms. The third-order valence-corrected chi connectivity index (χ3v) is 3.40. The molecule has 5 nitrogen and oxygen atoms in total. The van der Waals surface area contributed by atoms with Crippen molar-refractivity contribution in [1.82, 2.24) is 15.5 Å². The third kappa shape index (κ3) is 3.53. The Morgan fingerprint density at radius 3 is 2.79 bits per heavy atom. The van der Waals surface area contributed by atoms with Gasteiger partial charge in [0.25, 0.3) is 5.91 Å². The Hall–Kier alpha value is -1.91. The zero-order valence-electron chi connectivity index (χ0n) is 11.3. The fourth-order valence-electron chi connectivity index (χ4n) is 2.11. The van der Waals surface area contributed by atoms with Crippen LogP contribution in [0.25, 0.3) is 0 Å². The van der Waals surface area contributed by atoms with Gasteiger partial charge in [-0.3, -0.25) is 4.79 Å². The summed E-state index contributed by atoms with van der Waals surface area (Å²) in [4.78, 5) is 13.9. The van der Waals surface area contributed by atoms with Crippen LogP contribution in [0.3, 0.4) is 0 Å². The molecule has 1 aliphatic rings. The van der Waals surface area contributed by atoms with Crippen LogP contribution in [0.5, 0.6) is 0 Å². The number of hydrogen-bond acceptors (Lipinski definition) is 4. The molecule has 1 N–H and O–H groups in total. The summed E-state index contributed by atoms with van der Waals surface area (Å²) >= 11 is 0. The van der Waals surface area contributed by atoms with E-state index in [0.29, 0.717) is 12.2 Å². The summed E-state index contributed by atoms with van der Waals surface area (Å²) in [6.45, 7) is 8.28. The molecule has 1 aromatic heterocycles. The first kappa shape index (κ1) is 13.5. The molecule has 0 atom stereocenters. The first-order valence-electron chi connectivity index (χ1n) is 6.68. The van der Waals surface area contributed by atoms with Crippen LogP contribution < -0.4 is 10.2 Å². The van der Waals surface area contributed by atoms with E-state index < -0.39 is 0 Å². The fourth-order valence-corrected chi connectivity index (χ4v) is 2.11. The van der Waals surface area contributed by atoms with Gasteiger partial charge in [0, 0.05) is 19.6 Å². The van der Waals surface area contributed by atoms with Crippen molar-refractivity contribution in [3.8, 4) is 0 Å². The van der Waals surface area contributed by atoms with Crippen LogP contribution in [0, 0.1) is 5.92 Å². The average molecular weight is 260 g/mol. The maximum absolute atomic E-state index is 11.7. The quantitative estimate of drug-likeness (QED) is 0.836. The molecule has 0 unspecified atom stereocenters. The molecule has 1 saturated heterocycles. The lowest BCUT2D eigenvalue weighted by Crippen LogP contribution is -2.33. The zero-order valence-corrected chi connectivity index (χ0v) is 11.3. The molecule has 0 bridgehead atoms. The Balaban J connectivity index is 1.98. The van der Waals surface area contributed by atoms with Gasteiger partial charge in [-0.05, 0) is 30.9 Å². The standard InChI is InChI=1S/C14H20N4O/c1-3-8-15-14(19)12-4-5-13(17-16-12)18-9-6-11(2)7-10-18/h3-5,11H,1,6-10H2,2H3,(H,15,19). The van der Waals surface area contributed by atoms with Gasteiger partial charge in [-0.25, -0.2) is 0 Å². The van der Waals surface area contributed by atoms with Crippen LogP contribution in [0.15, 0.2) is 24.8 Å². The van der Waals surface area contributed by atoms with Gasteiger partial charge in [-0.2, -0.15) is 0 Å². The minimum absolute atomic E-state index is 0.216. The molecule has 0 saturated carbocycles. The molecule has 1 amide bonds. The molecule has 19 heavy (non-hydrogen) atoms. The molecular weight excluding hydrogens is 240 g/mol. The number of aromatic nitrogens is 2. The summed E-state index contributed by atoms with van der Waals surface area (Å²) in [6.07, 6.45) is 4.00. The van der Waals surface area contributed by atoms with Crippen LogP contribution >= 0.6 is 0 Å². The summed E-state index contributed by atoms with van der Waals surface area (Å²) in [6, 6.07) is 3.59. The minimum atomic E-state index is -0.216. The molecule has 0 aliphatic carbocycles. The van der Waals surface area contributed by atoms with E-state index >= 15 is 0 Å². The monoisotopic (exact) mass is 260 g/mol. The largest absolute Gasteiger partial charge is 0.355 e. The fraction of sp³-hybridized carbons (Fsp3) is 0.500. The number of nitrogens with one attached hydrogen (secondary N) is 1. The van der Waals surface area contributed by atoms with E-state index in [4.69, 9.17) is 0 Å². The molecule has 1 aromatic rings. The van der Waals surface area contributed by atoms with Crippen molar-refractivity contribution >= 4 is 11.7 Å². The lowest BCUT2D eigenvalue weighted by molar-refractivity contribution is 0.0952. The lowest BCUT2D eigenvalue weighted by Gasteiger charge is -2.30. The number of nitrogens with zero attached hydrogens (tertiary/aromatic N) is 3. The lowest BCUT2D eigenvalue weighted by atomic mass is 9.99. The number of rotatable bonds is 4. The van der Waals surface area contributed by atoms with Gasteiger partial charge < -0.3 is 10.2 Å². The van der Waals surface area contributed by atoms with Gasteiger partial charge in [0.1, 0.15) is 0 Å². The first-order chi connectivity index (χ1) is 9.20. The summed E-state index contributed by atoms with van der Waals surface area (Å²) in [5.74, 6) is 1.42. The van der Waals surface area contributed by atoms with Crippen molar-refractivity contribution in [2.24, 2.45) is 5.92 Å². The van der Waals surface area contributed by atoms with E-state index in [1.165, 1.54) is 12.8 Å². The highest BCUT2D eigenvalue weighted by Gasteiger charge is 2.17. The number of piperidine rings is 1. The number of hydrogen-bond donors (Lipinski definition) is 1. The Kier molecular flexibility index (Phi) is 4.49. The predicted molar refractivity (Wildman–Crippen MR) is 75.2 cm³/mol. The van der Waals surface area contributed by atoms with Crippen molar-refractivity contribution in [2.75, 3.05) is 24.5 Å². The van der Waals surface area contributed by atoms with Gasteiger partial charge >= 0.3 is 0 Å². The molecule has 0 spiro atoms. The Labute approximate surface area is 113 Å². The topological polar surface area (TPSA) is 58.1 Å². The van der Waals surface area contributed by atoms with E-state index in [-0.39, 0.29) is 5.91 Å². The Morgan fingerprint density at radius 2 is 2.21 bits per heavy atom. The predicted octanol–water partition coefficient (Wildman–Crippen LogP) is 1.63. The van der Waals surface area contributed by atoms with Gasteiger partial charge in [0.2, 0.25) is 0 Å².